The van der Waals surface area contributed by atoms with E-state index in [0.29, 0.717) is 23.5 Å². The minimum atomic E-state index is -0.386. The van der Waals surface area contributed by atoms with Crippen LogP contribution in [0.5, 0.6) is 0 Å². The van der Waals surface area contributed by atoms with Crippen LogP contribution in [0.2, 0.25) is 5.02 Å². The topological polar surface area (TPSA) is 49.8 Å². The number of nitrogens with zero attached hydrogens (tertiary/aromatic N) is 1. The Morgan fingerprint density at radius 2 is 1.54 bits per heavy atom. The molecule has 1 saturated carbocycles. The van der Waals surface area contributed by atoms with Gasteiger partial charge in [0.25, 0.3) is 0 Å². The molecule has 4 nitrogen and oxygen atoms in total. The van der Waals surface area contributed by atoms with Crippen molar-refractivity contribution in [1.29, 1.82) is 0 Å². The third-order valence-electron chi connectivity index (χ3n) is 4.95. The van der Waals surface area contributed by atoms with Crippen molar-refractivity contribution in [2.45, 2.75) is 25.7 Å². The van der Waals surface area contributed by atoms with Gasteiger partial charge in [-0.25, -0.2) is 9.69 Å². The normalized spacial score (nSPS) is 19.8. The zero-order valence-corrected chi connectivity index (χ0v) is 15.4. The average Bonchev–Trinajstić information content (AvgIpc) is 2.69. The number of ether oxygens (including phenoxy) is 1. The number of aliphatic hydroxyl groups excluding tert-OH is 1. The van der Waals surface area contributed by atoms with Crippen molar-refractivity contribution in [2.75, 3.05) is 18.1 Å². The highest BCUT2D eigenvalue weighted by Crippen LogP contribution is 2.30. The highest BCUT2D eigenvalue weighted by molar-refractivity contribution is 6.30. The first-order chi connectivity index (χ1) is 12.7. The molecule has 3 rings (SSSR count). The van der Waals surface area contributed by atoms with E-state index < -0.39 is 0 Å². The number of amides is 1. The molecule has 0 spiro atoms. The lowest BCUT2D eigenvalue weighted by atomic mass is 9.83. The highest BCUT2D eigenvalue weighted by Gasteiger charge is 2.24. The lowest BCUT2D eigenvalue weighted by Gasteiger charge is -2.28. The molecule has 0 unspecified atom stereocenters. The summed E-state index contributed by atoms with van der Waals surface area (Å²) in [6, 6.07) is 16.6. The van der Waals surface area contributed by atoms with E-state index in [1.807, 2.05) is 42.5 Å². The molecule has 2 aromatic carbocycles. The second-order valence-corrected chi connectivity index (χ2v) is 7.23. The molecule has 26 heavy (non-hydrogen) atoms. The fraction of sp³-hybridized carbons (Fsp3) is 0.381. The van der Waals surface area contributed by atoms with Gasteiger partial charge in [-0.3, -0.25) is 0 Å². The van der Waals surface area contributed by atoms with E-state index in [1.54, 1.807) is 17.0 Å². The smallest absolute Gasteiger partial charge is 0.418 e. The van der Waals surface area contributed by atoms with E-state index in [4.69, 9.17) is 16.3 Å². The van der Waals surface area contributed by atoms with Crippen LogP contribution in [-0.4, -0.2) is 24.4 Å². The van der Waals surface area contributed by atoms with Gasteiger partial charge >= 0.3 is 6.09 Å². The Balaban J connectivity index is 1.68. The summed E-state index contributed by atoms with van der Waals surface area (Å²) >= 11 is 5.98. The van der Waals surface area contributed by atoms with Gasteiger partial charge in [-0.1, -0.05) is 29.8 Å². The molecule has 0 aromatic heterocycles. The molecule has 1 N–H and O–H groups in total. The van der Waals surface area contributed by atoms with E-state index in [0.717, 1.165) is 37.1 Å². The molecule has 0 heterocycles. The van der Waals surface area contributed by atoms with Crippen LogP contribution in [0.3, 0.4) is 0 Å². The van der Waals surface area contributed by atoms with Crippen molar-refractivity contribution in [3.63, 3.8) is 0 Å². The third kappa shape index (κ3) is 4.77. The summed E-state index contributed by atoms with van der Waals surface area (Å²) < 4.78 is 5.64. The number of anilines is 2. The Hall–Kier alpha value is -2.04. The zero-order valence-electron chi connectivity index (χ0n) is 14.7. The minimum absolute atomic E-state index is 0.255. The Morgan fingerprint density at radius 3 is 2.15 bits per heavy atom. The van der Waals surface area contributed by atoms with Gasteiger partial charge in [0, 0.05) is 11.6 Å². The summed E-state index contributed by atoms with van der Waals surface area (Å²) in [6.07, 6.45) is 3.59. The van der Waals surface area contributed by atoms with Crippen LogP contribution in [0.15, 0.2) is 54.6 Å². The molecule has 0 saturated heterocycles. The van der Waals surface area contributed by atoms with Gasteiger partial charge in [0.15, 0.2) is 0 Å². The predicted molar refractivity (Wildman–Crippen MR) is 104 cm³/mol. The quantitative estimate of drug-likeness (QED) is 0.761. The van der Waals surface area contributed by atoms with Gasteiger partial charge in [0.1, 0.15) is 0 Å². The van der Waals surface area contributed by atoms with Gasteiger partial charge in [-0.15, -0.1) is 0 Å². The van der Waals surface area contributed by atoms with Gasteiger partial charge in [0.2, 0.25) is 0 Å². The molecule has 1 aliphatic carbocycles. The Labute approximate surface area is 159 Å². The number of para-hydroxylation sites is 1. The van der Waals surface area contributed by atoms with E-state index in [-0.39, 0.29) is 12.7 Å². The Bertz CT molecular complexity index is 697. The predicted octanol–water partition coefficient (Wildman–Crippen LogP) is 5.41. The number of carbonyl (C=O) groups is 1. The summed E-state index contributed by atoms with van der Waals surface area (Å²) in [5.74, 6) is 0.765. The molecule has 0 atom stereocenters. The first-order valence-electron chi connectivity index (χ1n) is 9.05. The maximum atomic E-state index is 12.8. The van der Waals surface area contributed by atoms with Crippen LogP contribution in [0, 0.1) is 11.8 Å². The lowest BCUT2D eigenvalue weighted by Crippen LogP contribution is -2.29. The number of benzene rings is 2. The maximum Gasteiger partial charge on any atom is 0.418 e. The van der Waals surface area contributed by atoms with Crippen LogP contribution in [0.4, 0.5) is 16.2 Å². The molecule has 1 fully saturated rings. The molecule has 0 radical (unpaired) electrons. The second-order valence-electron chi connectivity index (χ2n) is 6.79. The van der Waals surface area contributed by atoms with Crippen LogP contribution in [-0.2, 0) is 4.74 Å². The Morgan fingerprint density at radius 1 is 0.962 bits per heavy atom. The third-order valence-corrected chi connectivity index (χ3v) is 5.20. The van der Waals surface area contributed by atoms with Crippen LogP contribution in [0.1, 0.15) is 25.7 Å². The first-order valence-corrected chi connectivity index (χ1v) is 9.43. The second kappa shape index (κ2) is 9.06. The fourth-order valence-corrected chi connectivity index (χ4v) is 3.49. The van der Waals surface area contributed by atoms with E-state index in [9.17, 15) is 9.90 Å². The van der Waals surface area contributed by atoms with Crippen molar-refractivity contribution in [3.05, 3.63) is 59.6 Å². The maximum absolute atomic E-state index is 12.8. The number of carbonyl (C=O) groups excluding carboxylic acids is 1. The molecule has 0 bridgehead atoms. The Kier molecular flexibility index (Phi) is 6.53. The largest absolute Gasteiger partial charge is 0.449 e. The number of rotatable bonds is 5. The van der Waals surface area contributed by atoms with E-state index in [1.165, 1.54) is 0 Å². The van der Waals surface area contributed by atoms with E-state index in [2.05, 4.69) is 0 Å². The molecular weight excluding hydrogens is 350 g/mol. The first kappa shape index (κ1) is 18.7. The van der Waals surface area contributed by atoms with Gasteiger partial charge in [0.05, 0.1) is 18.0 Å². The van der Waals surface area contributed by atoms with E-state index >= 15 is 0 Å². The van der Waals surface area contributed by atoms with Crippen molar-refractivity contribution in [2.24, 2.45) is 11.8 Å². The monoisotopic (exact) mass is 373 g/mol. The standard InChI is InChI=1S/C21H24ClNO3/c22-18-10-12-20(13-11-18)23(19-4-2-1-3-5-19)21(25)26-15-17-8-6-16(14-24)7-9-17/h1-5,10-13,16-17,24H,6-9,14-15H2. The van der Waals surface area contributed by atoms with Crippen LogP contribution in [0.25, 0.3) is 0 Å². The fourth-order valence-electron chi connectivity index (χ4n) is 3.36. The summed E-state index contributed by atoms with van der Waals surface area (Å²) in [4.78, 5) is 14.4. The summed E-state index contributed by atoms with van der Waals surface area (Å²) in [7, 11) is 0. The number of halogens is 1. The van der Waals surface area contributed by atoms with Crippen molar-refractivity contribution in [3.8, 4) is 0 Å². The van der Waals surface area contributed by atoms with Crippen molar-refractivity contribution >= 4 is 29.1 Å². The molecule has 5 heteroatoms. The summed E-state index contributed by atoms with van der Waals surface area (Å²) in [5.41, 5.74) is 1.47. The summed E-state index contributed by atoms with van der Waals surface area (Å²) in [5, 5.41) is 9.86. The average molecular weight is 374 g/mol. The molecule has 2 aromatic rings. The van der Waals surface area contributed by atoms with Crippen molar-refractivity contribution in [1.82, 2.24) is 0 Å². The lowest BCUT2D eigenvalue weighted by molar-refractivity contribution is 0.104. The van der Waals surface area contributed by atoms with Crippen molar-refractivity contribution < 1.29 is 14.6 Å². The minimum Gasteiger partial charge on any atom is -0.449 e. The summed E-state index contributed by atoms with van der Waals surface area (Å²) in [6.45, 7) is 0.665. The van der Waals surface area contributed by atoms with Crippen LogP contribution >= 0.6 is 11.6 Å². The van der Waals surface area contributed by atoms with Gasteiger partial charge in [-0.2, -0.15) is 0 Å². The molecular formula is C21H24ClNO3. The molecule has 0 aliphatic heterocycles. The number of hydrogen-bond donors (Lipinski definition) is 1. The molecule has 1 amide bonds. The number of aliphatic hydroxyl groups is 1. The molecule has 138 valence electrons. The zero-order chi connectivity index (χ0) is 18.4. The number of hydrogen-bond acceptors (Lipinski definition) is 3. The van der Waals surface area contributed by atoms with Crippen LogP contribution < -0.4 is 4.90 Å². The molecule has 1 aliphatic rings. The SMILES string of the molecule is O=C(OCC1CCC(CO)CC1)N(c1ccccc1)c1ccc(Cl)cc1. The highest BCUT2D eigenvalue weighted by atomic mass is 35.5. The van der Waals surface area contributed by atoms with Gasteiger partial charge < -0.3 is 9.84 Å². The van der Waals surface area contributed by atoms with Gasteiger partial charge in [-0.05, 0) is 73.9 Å².